The molecule has 1 aliphatic rings. The molecule has 0 aromatic heterocycles. The highest BCUT2D eigenvalue weighted by atomic mass is 79.9. The molecule has 0 bridgehead atoms. The van der Waals surface area contributed by atoms with Gasteiger partial charge in [-0.25, -0.2) is 8.42 Å². The van der Waals surface area contributed by atoms with Crippen LogP contribution in [0.2, 0.25) is 0 Å². The molecule has 0 saturated carbocycles. The van der Waals surface area contributed by atoms with Crippen LogP contribution in [-0.4, -0.2) is 38.3 Å². The number of sulfonamides is 1. The molecule has 168 valence electrons. The summed E-state index contributed by atoms with van der Waals surface area (Å²) in [7, 11) is -3.69. The fraction of sp³-hybridized carbons (Fsp3) is 0.435. The molecule has 0 radical (unpaired) electrons. The molecular formula is C23H29BrN2O4S. The van der Waals surface area contributed by atoms with Crippen molar-refractivity contribution in [2.75, 3.05) is 25.0 Å². The predicted molar refractivity (Wildman–Crippen MR) is 126 cm³/mol. The second-order valence-corrected chi connectivity index (χ2v) is 10.8. The summed E-state index contributed by atoms with van der Waals surface area (Å²) >= 11 is 3.47. The second kappa shape index (κ2) is 9.71. The summed E-state index contributed by atoms with van der Waals surface area (Å²) in [6.07, 6.45) is 1.31. The monoisotopic (exact) mass is 508 g/mol. The Morgan fingerprint density at radius 1 is 1.16 bits per heavy atom. The molecule has 2 aromatic rings. The smallest absolute Gasteiger partial charge is 0.243 e. The number of benzene rings is 2. The molecule has 1 N–H and O–H groups in total. The van der Waals surface area contributed by atoms with E-state index in [-0.39, 0.29) is 17.3 Å². The minimum absolute atomic E-state index is 0.142. The number of hydrogen-bond acceptors (Lipinski definition) is 4. The number of carbonyl (C=O) groups excluding carboxylic acids is 1. The van der Waals surface area contributed by atoms with Crippen LogP contribution in [0.5, 0.6) is 5.75 Å². The summed E-state index contributed by atoms with van der Waals surface area (Å²) in [6, 6.07) is 8.81. The Balaban J connectivity index is 1.77. The molecule has 0 spiro atoms. The first-order chi connectivity index (χ1) is 14.6. The summed E-state index contributed by atoms with van der Waals surface area (Å²) in [6.45, 7) is 8.72. The van der Waals surface area contributed by atoms with Gasteiger partial charge in [-0.3, -0.25) is 4.79 Å². The SMILES string of the molecule is CCOc1ccc(S(=O)(=O)N2CCC[C@H](C(=O)Nc3c(C)cc(Br)cc3C)C2)cc1C. The molecule has 1 amide bonds. The van der Waals surface area contributed by atoms with Crippen molar-refractivity contribution in [3.05, 3.63) is 51.5 Å². The van der Waals surface area contributed by atoms with Crippen molar-refractivity contribution in [2.45, 2.75) is 45.4 Å². The molecule has 1 fully saturated rings. The number of rotatable bonds is 6. The van der Waals surface area contributed by atoms with Gasteiger partial charge in [-0.2, -0.15) is 4.31 Å². The number of anilines is 1. The van der Waals surface area contributed by atoms with Gasteiger partial charge in [0.1, 0.15) is 5.75 Å². The third-order valence-corrected chi connectivity index (χ3v) is 7.90. The maximum atomic E-state index is 13.2. The number of piperidine rings is 1. The Bertz CT molecular complexity index is 1060. The summed E-state index contributed by atoms with van der Waals surface area (Å²) in [5, 5.41) is 3.02. The lowest BCUT2D eigenvalue weighted by Gasteiger charge is -2.31. The van der Waals surface area contributed by atoms with Crippen LogP contribution in [-0.2, 0) is 14.8 Å². The van der Waals surface area contributed by atoms with Crippen molar-refractivity contribution in [1.82, 2.24) is 4.31 Å². The fourth-order valence-electron chi connectivity index (χ4n) is 3.96. The highest BCUT2D eigenvalue weighted by Crippen LogP contribution is 2.29. The standard InChI is InChI=1S/C23H29BrN2O4S/c1-5-30-21-9-8-20(13-15(21)2)31(28,29)26-10-6-7-18(14-26)23(27)25-22-16(3)11-19(24)12-17(22)4/h8-9,11-13,18H,5-7,10,14H2,1-4H3,(H,25,27)/t18-/m0/s1. The summed E-state index contributed by atoms with van der Waals surface area (Å²) in [4.78, 5) is 13.2. The quantitative estimate of drug-likeness (QED) is 0.607. The van der Waals surface area contributed by atoms with E-state index in [1.807, 2.05) is 39.8 Å². The van der Waals surface area contributed by atoms with Crippen molar-refractivity contribution in [3.8, 4) is 5.75 Å². The summed E-state index contributed by atoms with van der Waals surface area (Å²) in [5.74, 6) is 0.142. The number of carbonyl (C=O) groups is 1. The summed E-state index contributed by atoms with van der Waals surface area (Å²) < 4.78 is 34.4. The zero-order chi connectivity index (χ0) is 22.8. The Labute approximate surface area is 193 Å². The number of halogens is 1. The lowest BCUT2D eigenvalue weighted by molar-refractivity contribution is -0.120. The Morgan fingerprint density at radius 3 is 2.45 bits per heavy atom. The van der Waals surface area contributed by atoms with Crippen LogP contribution in [0.3, 0.4) is 0 Å². The van der Waals surface area contributed by atoms with Crippen LogP contribution in [0.1, 0.15) is 36.5 Å². The van der Waals surface area contributed by atoms with Crippen LogP contribution in [0.15, 0.2) is 39.7 Å². The lowest BCUT2D eigenvalue weighted by atomic mass is 9.98. The minimum atomic E-state index is -3.69. The maximum absolute atomic E-state index is 13.2. The van der Waals surface area contributed by atoms with Gasteiger partial charge >= 0.3 is 0 Å². The van der Waals surface area contributed by atoms with Gasteiger partial charge in [0.15, 0.2) is 0 Å². The molecule has 0 aliphatic carbocycles. The number of aryl methyl sites for hydroxylation is 3. The minimum Gasteiger partial charge on any atom is -0.494 e. The van der Waals surface area contributed by atoms with Crippen LogP contribution in [0, 0.1) is 26.7 Å². The van der Waals surface area contributed by atoms with E-state index in [2.05, 4.69) is 21.2 Å². The van der Waals surface area contributed by atoms with Crippen LogP contribution in [0.4, 0.5) is 5.69 Å². The Hall–Kier alpha value is -1.90. The van der Waals surface area contributed by atoms with Crippen molar-refractivity contribution in [3.63, 3.8) is 0 Å². The molecule has 1 aliphatic heterocycles. The second-order valence-electron chi connectivity index (χ2n) is 7.97. The third kappa shape index (κ3) is 5.30. The molecule has 1 saturated heterocycles. The van der Waals surface area contributed by atoms with Crippen LogP contribution in [0.25, 0.3) is 0 Å². The average Bonchev–Trinajstić information content (AvgIpc) is 2.72. The first-order valence-electron chi connectivity index (χ1n) is 10.4. The number of hydrogen-bond donors (Lipinski definition) is 1. The van der Waals surface area contributed by atoms with E-state index in [9.17, 15) is 13.2 Å². The van der Waals surface area contributed by atoms with E-state index < -0.39 is 15.9 Å². The molecule has 31 heavy (non-hydrogen) atoms. The van der Waals surface area contributed by atoms with Crippen molar-refractivity contribution in [1.29, 1.82) is 0 Å². The van der Waals surface area contributed by atoms with Gasteiger partial charge in [0.25, 0.3) is 0 Å². The normalized spacial score (nSPS) is 17.4. The van der Waals surface area contributed by atoms with E-state index >= 15 is 0 Å². The van der Waals surface area contributed by atoms with E-state index in [4.69, 9.17) is 4.74 Å². The third-order valence-electron chi connectivity index (χ3n) is 5.58. The summed E-state index contributed by atoms with van der Waals surface area (Å²) in [5.41, 5.74) is 3.49. The highest BCUT2D eigenvalue weighted by Gasteiger charge is 2.33. The molecule has 6 nitrogen and oxygen atoms in total. The van der Waals surface area contributed by atoms with Crippen molar-refractivity contribution < 1.29 is 17.9 Å². The maximum Gasteiger partial charge on any atom is 0.243 e. The van der Waals surface area contributed by atoms with Gasteiger partial charge in [-0.1, -0.05) is 15.9 Å². The Morgan fingerprint density at radius 2 is 1.84 bits per heavy atom. The number of ether oxygens (including phenoxy) is 1. The first kappa shape index (κ1) is 23.8. The van der Waals surface area contributed by atoms with Gasteiger partial charge < -0.3 is 10.1 Å². The zero-order valence-electron chi connectivity index (χ0n) is 18.4. The molecule has 1 atom stereocenters. The van der Waals surface area contributed by atoms with Gasteiger partial charge in [0.2, 0.25) is 15.9 Å². The van der Waals surface area contributed by atoms with Gasteiger partial charge in [0.05, 0.1) is 17.4 Å². The molecule has 0 unspecified atom stereocenters. The molecule has 8 heteroatoms. The molecule has 3 rings (SSSR count). The largest absolute Gasteiger partial charge is 0.494 e. The van der Waals surface area contributed by atoms with E-state index in [0.29, 0.717) is 31.7 Å². The number of nitrogens with one attached hydrogen (secondary N) is 1. The van der Waals surface area contributed by atoms with E-state index in [1.54, 1.807) is 18.2 Å². The fourth-order valence-corrected chi connectivity index (χ4v) is 6.25. The van der Waals surface area contributed by atoms with Crippen LogP contribution >= 0.6 is 15.9 Å². The average molecular weight is 509 g/mol. The molecule has 2 aromatic carbocycles. The Kier molecular flexibility index (Phi) is 7.44. The molecule has 1 heterocycles. The molecular weight excluding hydrogens is 480 g/mol. The first-order valence-corrected chi connectivity index (χ1v) is 12.7. The lowest BCUT2D eigenvalue weighted by Crippen LogP contribution is -2.43. The van der Waals surface area contributed by atoms with Gasteiger partial charge in [-0.15, -0.1) is 0 Å². The van der Waals surface area contributed by atoms with E-state index in [1.165, 1.54) is 4.31 Å². The van der Waals surface area contributed by atoms with Gasteiger partial charge in [0, 0.05) is 23.2 Å². The topological polar surface area (TPSA) is 75.7 Å². The van der Waals surface area contributed by atoms with Gasteiger partial charge in [-0.05, 0) is 87.6 Å². The number of nitrogens with zero attached hydrogens (tertiary/aromatic N) is 1. The van der Waals surface area contributed by atoms with Crippen molar-refractivity contribution >= 4 is 37.5 Å². The van der Waals surface area contributed by atoms with E-state index in [0.717, 1.165) is 26.9 Å². The zero-order valence-corrected chi connectivity index (χ0v) is 20.8. The highest BCUT2D eigenvalue weighted by molar-refractivity contribution is 9.10. The van der Waals surface area contributed by atoms with Crippen molar-refractivity contribution in [2.24, 2.45) is 5.92 Å². The van der Waals surface area contributed by atoms with Crippen LogP contribution < -0.4 is 10.1 Å². The number of amides is 1. The predicted octanol–water partition coefficient (Wildman–Crippen LogP) is 4.81.